The first-order chi connectivity index (χ1) is 11.1. The molecule has 0 bridgehead atoms. The van der Waals surface area contributed by atoms with E-state index in [0.717, 1.165) is 20.8 Å². The summed E-state index contributed by atoms with van der Waals surface area (Å²) in [6, 6.07) is 14.2. The predicted octanol–water partition coefficient (Wildman–Crippen LogP) is 4.24. The summed E-state index contributed by atoms with van der Waals surface area (Å²) < 4.78 is 1.13. The highest BCUT2D eigenvalue weighted by molar-refractivity contribution is 7.19. The van der Waals surface area contributed by atoms with Crippen LogP contribution in [0.4, 0.5) is 0 Å². The molecule has 0 radical (unpaired) electrons. The molecule has 3 nitrogen and oxygen atoms in total. The Morgan fingerprint density at radius 3 is 2.83 bits per heavy atom. The number of carbonyl (C=O) groups excluding carboxylic acids is 1. The first-order valence-electron chi connectivity index (χ1n) is 7.49. The van der Waals surface area contributed by atoms with Gasteiger partial charge in [0.05, 0.1) is 10.2 Å². The van der Waals surface area contributed by atoms with Crippen molar-refractivity contribution in [1.82, 2.24) is 10.3 Å². The number of amides is 1. The van der Waals surface area contributed by atoms with Crippen molar-refractivity contribution >= 4 is 33.5 Å². The smallest absolute Gasteiger partial charge is 0.244 e. The summed E-state index contributed by atoms with van der Waals surface area (Å²) in [5, 5.41) is 3.75. The van der Waals surface area contributed by atoms with Crippen LogP contribution in [-0.4, -0.2) is 10.9 Å². The Morgan fingerprint density at radius 1 is 1.22 bits per heavy atom. The standard InChI is InChI=1S/C19H18N2OS/c1-13-7-8-15(14(2)11-13)12-20-18(22)9-10-19-21-16-5-3-4-6-17(16)23-19/h3-11H,12H2,1-2H3,(H,20,22)/b10-9+. The molecule has 0 aliphatic heterocycles. The number of fused-ring (bicyclic) bond motifs is 1. The predicted molar refractivity (Wildman–Crippen MR) is 96.4 cm³/mol. The molecule has 1 aromatic heterocycles. The number of hydrogen-bond acceptors (Lipinski definition) is 3. The van der Waals surface area contributed by atoms with Crippen LogP contribution < -0.4 is 5.32 Å². The van der Waals surface area contributed by atoms with Gasteiger partial charge in [0.2, 0.25) is 5.91 Å². The Labute approximate surface area is 139 Å². The third-order valence-electron chi connectivity index (χ3n) is 3.64. The van der Waals surface area contributed by atoms with Crippen molar-refractivity contribution in [3.63, 3.8) is 0 Å². The Hall–Kier alpha value is -2.46. The largest absolute Gasteiger partial charge is 0.348 e. The second-order valence-electron chi connectivity index (χ2n) is 5.50. The van der Waals surface area contributed by atoms with Crippen molar-refractivity contribution in [1.29, 1.82) is 0 Å². The molecule has 2 aromatic carbocycles. The van der Waals surface area contributed by atoms with Gasteiger partial charge in [0.1, 0.15) is 5.01 Å². The van der Waals surface area contributed by atoms with Crippen molar-refractivity contribution in [3.8, 4) is 0 Å². The van der Waals surface area contributed by atoms with Crippen molar-refractivity contribution in [2.75, 3.05) is 0 Å². The van der Waals surface area contributed by atoms with Crippen molar-refractivity contribution in [2.45, 2.75) is 20.4 Å². The van der Waals surface area contributed by atoms with Crippen LogP contribution in [0.15, 0.2) is 48.5 Å². The van der Waals surface area contributed by atoms with Crippen LogP contribution in [-0.2, 0) is 11.3 Å². The van der Waals surface area contributed by atoms with E-state index >= 15 is 0 Å². The van der Waals surface area contributed by atoms with E-state index in [9.17, 15) is 4.79 Å². The summed E-state index contributed by atoms with van der Waals surface area (Å²) in [6.45, 7) is 4.66. The zero-order valence-corrected chi connectivity index (χ0v) is 14.0. The average Bonchev–Trinajstić information content (AvgIpc) is 2.95. The second kappa shape index (κ2) is 6.75. The highest BCUT2D eigenvalue weighted by Crippen LogP contribution is 2.22. The number of aromatic nitrogens is 1. The van der Waals surface area contributed by atoms with Crippen molar-refractivity contribution in [2.24, 2.45) is 0 Å². The zero-order valence-electron chi connectivity index (χ0n) is 13.2. The van der Waals surface area contributed by atoms with E-state index in [1.165, 1.54) is 11.1 Å². The number of nitrogens with one attached hydrogen (secondary N) is 1. The summed E-state index contributed by atoms with van der Waals surface area (Å²) in [4.78, 5) is 16.4. The Bertz CT molecular complexity index is 847. The minimum atomic E-state index is -0.107. The van der Waals surface area contributed by atoms with Crippen LogP contribution in [0.1, 0.15) is 21.7 Å². The van der Waals surface area contributed by atoms with Gasteiger partial charge < -0.3 is 5.32 Å². The van der Waals surface area contributed by atoms with Crippen LogP contribution >= 0.6 is 11.3 Å². The van der Waals surface area contributed by atoms with E-state index in [1.54, 1.807) is 23.5 Å². The number of carbonyl (C=O) groups is 1. The van der Waals surface area contributed by atoms with E-state index in [0.29, 0.717) is 6.54 Å². The first kappa shape index (κ1) is 15.4. The molecule has 1 amide bonds. The quantitative estimate of drug-likeness (QED) is 0.730. The monoisotopic (exact) mass is 322 g/mol. The fourth-order valence-electron chi connectivity index (χ4n) is 2.39. The number of benzene rings is 2. The molecule has 0 spiro atoms. The zero-order chi connectivity index (χ0) is 16.2. The number of thiazole rings is 1. The molecule has 0 aliphatic rings. The molecular formula is C19H18N2OS. The van der Waals surface area contributed by atoms with E-state index in [1.807, 2.05) is 24.3 Å². The summed E-state index contributed by atoms with van der Waals surface area (Å²) in [5.41, 5.74) is 4.53. The van der Waals surface area contributed by atoms with Gasteiger partial charge in [-0.2, -0.15) is 0 Å². The SMILES string of the molecule is Cc1ccc(CNC(=O)/C=C/c2nc3ccccc3s2)c(C)c1. The van der Waals surface area contributed by atoms with Crippen LogP contribution in [0, 0.1) is 13.8 Å². The van der Waals surface area contributed by atoms with Gasteiger partial charge in [-0.15, -0.1) is 11.3 Å². The molecule has 0 fully saturated rings. The molecule has 116 valence electrons. The Morgan fingerprint density at radius 2 is 2.04 bits per heavy atom. The van der Waals surface area contributed by atoms with Crippen LogP contribution in [0.5, 0.6) is 0 Å². The number of hydrogen-bond donors (Lipinski definition) is 1. The fourth-order valence-corrected chi connectivity index (χ4v) is 3.26. The highest BCUT2D eigenvalue weighted by Gasteiger charge is 2.02. The van der Waals surface area contributed by atoms with Crippen LogP contribution in [0.2, 0.25) is 0 Å². The van der Waals surface area contributed by atoms with Gasteiger partial charge in [0.15, 0.2) is 0 Å². The lowest BCUT2D eigenvalue weighted by Gasteiger charge is -2.07. The van der Waals surface area contributed by atoms with Gasteiger partial charge in [-0.3, -0.25) is 4.79 Å². The minimum Gasteiger partial charge on any atom is -0.348 e. The van der Waals surface area contributed by atoms with Gasteiger partial charge in [-0.05, 0) is 43.2 Å². The highest BCUT2D eigenvalue weighted by atomic mass is 32.1. The molecule has 1 heterocycles. The molecule has 0 saturated heterocycles. The van der Waals surface area contributed by atoms with E-state index in [2.05, 4.69) is 42.3 Å². The van der Waals surface area contributed by atoms with Gasteiger partial charge in [0.25, 0.3) is 0 Å². The number of nitrogens with zero attached hydrogens (tertiary/aromatic N) is 1. The molecular weight excluding hydrogens is 304 g/mol. The normalized spacial score (nSPS) is 11.2. The molecule has 3 rings (SSSR count). The molecule has 0 atom stereocenters. The van der Waals surface area contributed by atoms with Gasteiger partial charge in [-0.25, -0.2) is 4.98 Å². The van der Waals surface area contributed by atoms with E-state index in [4.69, 9.17) is 0 Å². The summed E-state index contributed by atoms with van der Waals surface area (Å²) in [6.07, 6.45) is 3.31. The van der Waals surface area contributed by atoms with Crippen molar-refractivity contribution in [3.05, 3.63) is 70.2 Å². The third-order valence-corrected chi connectivity index (χ3v) is 4.64. The maximum Gasteiger partial charge on any atom is 0.244 e. The first-order valence-corrected chi connectivity index (χ1v) is 8.31. The van der Waals surface area contributed by atoms with Gasteiger partial charge in [-0.1, -0.05) is 35.9 Å². The summed E-state index contributed by atoms with van der Waals surface area (Å²) in [5.74, 6) is -0.107. The molecule has 0 aliphatic carbocycles. The number of aryl methyl sites for hydroxylation is 2. The Balaban J connectivity index is 1.62. The van der Waals surface area contributed by atoms with Crippen LogP contribution in [0.25, 0.3) is 16.3 Å². The second-order valence-corrected chi connectivity index (χ2v) is 6.56. The molecule has 4 heteroatoms. The topological polar surface area (TPSA) is 42.0 Å². The van der Waals surface area contributed by atoms with Crippen molar-refractivity contribution < 1.29 is 4.79 Å². The maximum absolute atomic E-state index is 12.0. The van der Waals surface area contributed by atoms with E-state index in [-0.39, 0.29) is 5.91 Å². The minimum absolute atomic E-state index is 0.107. The van der Waals surface area contributed by atoms with Crippen LogP contribution in [0.3, 0.4) is 0 Å². The number of rotatable bonds is 4. The molecule has 1 N–H and O–H groups in total. The Kier molecular flexibility index (Phi) is 4.53. The molecule has 3 aromatic rings. The van der Waals surface area contributed by atoms with Gasteiger partial charge >= 0.3 is 0 Å². The lowest BCUT2D eigenvalue weighted by molar-refractivity contribution is -0.116. The lowest BCUT2D eigenvalue weighted by atomic mass is 10.1. The molecule has 23 heavy (non-hydrogen) atoms. The van der Waals surface area contributed by atoms with Gasteiger partial charge in [0, 0.05) is 12.6 Å². The summed E-state index contributed by atoms with van der Waals surface area (Å²) in [7, 11) is 0. The van der Waals surface area contributed by atoms with E-state index < -0.39 is 0 Å². The fraction of sp³-hybridized carbons (Fsp3) is 0.158. The number of para-hydroxylation sites is 1. The molecule has 0 unspecified atom stereocenters. The maximum atomic E-state index is 12.0. The molecule has 0 saturated carbocycles. The average molecular weight is 322 g/mol. The lowest BCUT2D eigenvalue weighted by Crippen LogP contribution is -2.20. The summed E-state index contributed by atoms with van der Waals surface area (Å²) >= 11 is 1.58. The third kappa shape index (κ3) is 3.85.